The molecule has 1 aromatic heterocycles. The van der Waals surface area contributed by atoms with Gasteiger partial charge in [-0.1, -0.05) is 0 Å². The standard InChI is InChI=1S/C17H17N3O6/c1-24-15-8-12(20(22)23)3-4-14(15)19-17(21)11-2-5-16(18-9-11)26-13-6-7-25-10-13/h2-5,8-9,13H,6-7,10H2,1H3,(H,19,21). The Morgan fingerprint density at radius 1 is 1.38 bits per heavy atom. The lowest BCUT2D eigenvalue weighted by atomic mass is 10.2. The first kappa shape index (κ1) is 17.6. The number of benzene rings is 1. The second-order valence-electron chi connectivity index (χ2n) is 5.58. The summed E-state index contributed by atoms with van der Waals surface area (Å²) in [6.45, 7) is 1.20. The maximum Gasteiger partial charge on any atom is 0.273 e. The van der Waals surface area contributed by atoms with Crippen molar-refractivity contribution in [3.05, 3.63) is 52.2 Å². The lowest BCUT2D eigenvalue weighted by Gasteiger charge is -2.12. The quantitative estimate of drug-likeness (QED) is 0.622. The number of nitro groups is 1. The van der Waals surface area contributed by atoms with Gasteiger partial charge >= 0.3 is 0 Å². The fourth-order valence-corrected chi connectivity index (χ4v) is 2.45. The highest BCUT2D eigenvalue weighted by atomic mass is 16.6. The van der Waals surface area contributed by atoms with E-state index in [4.69, 9.17) is 14.2 Å². The van der Waals surface area contributed by atoms with Crippen LogP contribution in [0.1, 0.15) is 16.8 Å². The number of non-ortho nitro benzene ring substituents is 1. The van der Waals surface area contributed by atoms with Crippen LogP contribution in [-0.2, 0) is 4.74 Å². The van der Waals surface area contributed by atoms with Gasteiger partial charge in [-0.3, -0.25) is 14.9 Å². The molecular formula is C17H17N3O6. The van der Waals surface area contributed by atoms with E-state index in [0.29, 0.717) is 30.3 Å². The first-order valence-corrected chi connectivity index (χ1v) is 7.91. The first-order valence-electron chi connectivity index (χ1n) is 7.91. The highest BCUT2D eigenvalue weighted by Gasteiger charge is 2.18. The van der Waals surface area contributed by atoms with Crippen molar-refractivity contribution in [2.75, 3.05) is 25.6 Å². The average Bonchev–Trinajstić information content (AvgIpc) is 3.15. The molecule has 0 spiro atoms. The van der Waals surface area contributed by atoms with Crippen LogP contribution in [0.3, 0.4) is 0 Å². The molecule has 1 aromatic carbocycles. The largest absolute Gasteiger partial charge is 0.494 e. The molecule has 1 unspecified atom stereocenters. The van der Waals surface area contributed by atoms with E-state index in [2.05, 4.69) is 10.3 Å². The minimum Gasteiger partial charge on any atom is -0.494 e. The van der Waals surface area contributed by atoms with Gasteiger partial charge < -0.3 is 19.5 Å². The van der Waals surface area contributed by atoms with Crippen LogP contribution in [0.4, 0.5) is 11.4 Å². The third kappa shape index (κ3) is 4.06. The molecular weight excluding hydrogens is 342 g/mol. The first-order chi connectivity index (χ1) is 12.6. The van der Waals surface area contributed by atoms with E-state index < -0.39 is 10.8 Å². The second kappa shape index (κ2) is 7.79. The normalized spacial score (nSPS) is 16.1. The Labute approximate surface area is 149 Å². The molecule has 136 valence electrons. The number of nitro benzene ring substituents is 1. The number of methoxy groups -OCH3 is 1. The Bertz CT molecular complexity index is 803. The van der Waals surface area contributed by atoms with Crippen LogP contribution in [0.25, 0.3) is 0 Å². The fourth-order valence-electron chi connectivity index (χ4n) is 2.45. The van der Waals surface area contributed by atoms with Gasteiger partial charge in [0.2, 0.25) is 5.88 Å². The molecule has 3 rings (SSSR count). The number of amides is 1. The van der Waals surface area contributed by atoms with E-state index in [1.807, 2.05) is 0 Å². The van der Waals surface area contributed by atoms with Crippen LogP contribution in [0.5, 0.6) is 11.6 Å². The van der Waals surface area contributed by atoms with Gasteiger partial charge in [0.05, 0.1) is 42.6 Å². The van der Waals surface area contributed by atoms with Crippen molar-refractivity contribution >= 4 is 17.3 Å². The Kier molecular flexibility index (Phi) is 5.28. The summed E-state index contributed by atoms with van der Waals surface area (Å²) in [5.74, 6) is 0.201. The number of carbonyl (C=O) groups is 1. The third-order valence-electron chi connectivity index (χ3n) is 3.82. The predicted molar refractivity (Wildman–Crippen MR) is 91.7 cm³/mol. The molecule has 9 nitrogen and oxygen atoms in total. The van der Waals surface area contributed by atoms with Crippen LogP contribution in [-0.4, -0.2) is 42.2 Å². The van der Waals surface area contributed by atoms with Crippen molar-refractivity contribution in [3.63, 3.8) is 0 Å². The summed E-state index contributed by atoms with van der Waals surface area (Å²) >= 11 is 0. The summed E-state index contributed by atoms with van der Waals surface area (Å²) in [7, 11) is 1.37. The minimum absolute atomic E-state index is 0.0217. The summed E-state index contributed by atoms with van der Waals surface area (Å²) in [4.78, 5) is 26.8. The molecule has 1 aliphatic heterocycles. The van der Waals surface area contributed by atoms with Crippen LogP contribution >= 0.6 is 0 Å². The summed E-state index contributed by atoms with van der Waals surface area (Å²) in [6, 6.07) is 7.15. The van der Waals surface area contributed by atoms with Crippen molar-refractivity contribution in [2.24, 2.45) is 0 Å². The van der Waals surface area contributed by atoms with Gasteiger partial charge in [0.15, 0.2) is 0 Å². The highest BCUT2D eigenvalue weighted by Crippen LogP contribution is 2.29. The number of aromatic nitrogens is 1. The van der Waals surface area contributed by atoms with Crippen LogP contribution in [0, 0.1) is 10.1 Å². The van der Waals surface area contributed by atoms with Gasteiger partial charge in [-0.2, -0.15) is 0 Å². The molecule has 0 bridgehead atoms. The molecule has 1 atom stereocenters. The molecule has 0 radical (unpaired) electrons. The molecule has 1 aliphatic rings. The number of nitrogens with zero attached hydrogens (tertiary/aromatic N) is 2. The zero-order chi connectivity index (χ0) is 18.5. The van der Waals surface area contributed by atoms with Crippen molar-refractivity contribution in [1.82, 2.24) is 4.98 Å². The van der Waals surface area contributed by atoms with Gasteiger partial charge in [-0.15, -0.1) is 0 Å². The van der Waals surface area contributed by atoms with Gasteiger partial charge in [-0.05, 0) is 12.1 Å². The minimum atomic E-state index is -0.536. The molecule has 0 aliphatic carbocycles. The van der Waals surface area contributed by atoms with Crippen LogP contribution < -0.4 is 14.8 Å². The Morgan fingerprint density at radius 3 is 2.85 bits per heavy atom. The second-order valence-corrected chi connectivity index (χ2v) is 5.58. The maximum atomic E-state index is 12.4. The maximum absolute atomic E-state index is 12.4. The van der Waals surface area contributed by atoms with E-state index in [1.165, 1.54) is 31.5 Å². The third-order valence-corrected chi connectivity index (χ3v) is 3.82. The van der Waals surface area contributed by atoms with Gasteiger partial charge in [0, 0.05) is 24.8 Å². The van der Waals surface area contributed by atoms with Crippen molar-refractivity contribution in [1.29, 1.82) is 0 Å². The van der Waals surface area contributed by atoms with Gasteiger partial charge in [-0.25, -0.2) is 4.98 Å². The topological polar surface area (TPSA) is 113 Å². The van der Waals surface area contributed by atoms with Crippen LogP contribution in [0.15, 0.2) is 36.5 Å². The van der Waals surface area contributed by atoms with Crippen molar-refractivity contribution < 1.29 is 23.9 Å². The number of carbonyl (C=O) groups excluding carboxylic acids is 1. The number of pyridine rings is 1. The Morgan fingerprint density at radius 2 is 2.23 bits per heavy atom. The van der Waals surface area contributed by atoms with Crippen LogP contribution in [0.2, 0.25) is 0 Å². The molecule has 1 fully saturated rings. The number of anilines is 1. The molecule has 26 heavy (non-hydrogen) atoms. The number of ether oxygens (including phenoxy) is 3. The van der Waals surface area contributed by atoms with Gasteiger partial charge in [0.25, 0.3) is 11.6 Å². The summed E-state index contributed by atoms with van der Waals surface area (Å²) in [5.41, 5.74) is 0.519. The Hall–Kier alpha value is -3.20. The Balaban J connectivity index is 1.68. The average molecular weight is 359 g/mol. The summed E-state index contributed by atoms with van der Waals surface area (Å²) in [5, 5.41) is 13.5. The van der Waals surface area contributed by atoms with E-state index >= 15 is 0 Å². The van der Waals surface area contributed by atoms with E-state index in [9.17, 15) is 14.9 Å². The number of hydrogen-bond donors (Lipinski definition) is 1. The van der Waals surface area contributed by atoms with Gasteiger partial charge in [0.1, 0.15) is 11.9 Å². The van der Waals surface area contributed by atoms with E-state index in [1.54, 1.807) is 12.1 Å². The zero-order valence-corrected chi connectivity index (χ0v) is 14.0. The van der Waals surface area contributed by atoms with Crippen molar-refractivity contribution in [2.45, 2.75) is 12.5 Å². The monoisotopic (exact) mass is 359 g/mol. The molecule has 9 heteroatoms. The highest BCUT2D eigenvalue weighted by molar-refractivity contribution is 6.04. The molecule has 0 saturated carbocycles. The number of rotatable bonds is 6. The number of nitrogens with one attached hydrogen (secondary N) is 1. The molecule has 1 amide bonds. The molecule has 2 aromatic rings. The van der Waals surface area contributed by atoms with E-state index in [-0.39, 0.29) is 17.5 Å². The predicted octanol–water partition coefficient (Wildman–Crippen LogP) is 2.42. The molecule has 1 saturated heterocycles. The zero-order valence-electron chi connectivity index (χ0n) is 14.0. The lowest BCUT2D eigenvalue weighted by Crippen LogP contribution is -2.17. The fraction of sp³-hybridized carbons (Fsp3) is 0.294. The molecule has 2 heterocycles. The number of hydrogen-bond acceptors (Lipinski definition) is 7. The SMILES string of the molecule is COc1cc([N+](=O)[O-])ccc1NC(=O)c1ccc(OC2CCOC2)nc1. The van der Waals surface area contributed by atoms with Crippen molar-refractivity contribution in [3.8, 4) is 11.6 Å². The summed E-state index contributed by atoms with van der Waals surface area (Å²) in [6.07, 6.45) is 2.19. The molecule has 1 N–H and O–H groups in total. The summed E-state index contributed by atoms with van der Waals surface area (Å²) < 4.78 is 16.0. The lowest BCUT2D eigenvalue weighted by molar-refractivity contribution is -0.384. The smallest absolute Gasteiger partial charge is 0.273 e. The van der Waals surface area contributed by atoms with E-state index in [0.717, 1.165) is 6.42 Å².